The second kappa shape index (κ2) is 11.4. The predicted octanol–water partition coefficient (Wildman–Crippen LogP) is 2.26. The van der Waals surface area contributed by atoms with E-state index < -0.39 is 42.5 Å². The fraction of sp³-hybridized carbons (Fsp3) is 0.259. The first-order chi connectivity index (χ1) is 18.1. The highest BCUT2D eigenvalue weighted by atomic mass is 19.1. The largest absolute Gasteiger partial charge is 0.492 e. The van der Waals surface area contributed by atoms with Crippen LogP contribution in [-0.4, -0.2) is 41.0 Å². The normalized spacial score (nSPS) is 14.9. The molecule has 0 radical (unpaired) electrons. The Hall–Kier alpha value is -3.64. The van der Waals surface area contributed by atoms with Crippen molar-refractivity contribution in [2.75, 3.05) is 0 Å². The molecule has 2 atom stereocenters. The van der Waals surface area contributed by atoms with E-state index in [1.807, 2.05) is 0 Å². The van der Waals surface area contributed by atoms with Crippen LogP contribution in [0.15, 0.2) is 60.7 Å². The van der Waals surface area contributed by atoms with E-state index in [4.69, 9.17) is 14.1 Å². The first-order valence-corrected chi connectivity index (χ1v) is 11.8. The molecule has 38 heavy (non-hydrogen) atoms. The van der Waals surface area contributed by atoms with Crippen molar-refractivity contribution < 1.29 is 42.6 Å². The van der Waals surface area contributed by atoms with Crippen molar-refractivity contribution in [3.05, 3.63) is 100 Å². The van der Waals surface area contributed by atoms with E-state index in [1.165, 1.54) is 61.5 Å². The van der Waals surface area contributed by atoms with Gasteiger partial charge in [-0.25, -0.2) is 13.6 Å². The molecule has 0 saturated carbocycles. The molecule has 198 valence electrons. The molecule has 3 N–H and O–H groups in total. The molecule has 0 spiro atoms. The molecule has 4 rings (SSSR count). The third-order valence-electron chi connectivity index (χ3n) is 6.39. The summed E-state index contributed by atoms with van der Waals surface area (Å²) in [5.74, 6) is -2.92. The Morgan fingerprint density at radius 1 is 1.03 bits per heavy atom. The first-order valence-electron chi connectivity index (χ1n) is 11.8. The lowest BCUT2D eigenvalue weighted by atomic mass is 9.75. The molecular formula is C27H26BF2NO7. The van der Waals surface area contributed by atoms with Gasteiger partial charge in [0.25, 0.3) is 11.6 Å². The Morgan fingerprint density at radius 3 is 2.21 bits per heavy atom. The zero-order valence-electron chi connectivity index (χ0n) is 20.7. The first kappa shape index (κ1) is 27.4. The summed E-state index contributed by atoms with van der Waals surface area (Å²) in [4.78, 5) is 26.4. The number of carbonyl (C=O) groups is 2. The maximum atomic E-state index is 13.3. The van der Waals surface area contributed by atoms with Gasteiger partial charge < -0.3 is 29.6 Å². The van der Waals surface area contributed by atoms with Crippen LogP contribution in [0.5, 0.6) is 0 Å². The minimum atomic E-state index is -2.64. The summed E-state index contributed by atoms with van der Waals surface area (Å²) in [5.41, 5.74) is 0.0669. The van der Waals surface area contributed by atoms with Crippen LogP contribution in [0.25, 0.3) is 0 Å². The van der Waals surface area contributed by atoms with Gasteiger partial charge in [0.2, 0.25) is 0 Å². The molecule has 1 aliphatic heterocycles. The van der Waals surface area contributed by atoms with Crippen molar-refractivity contribution in [1.82, 2.24) is 5.32 Å². The van der Waals surface area contributed by atoms with Gasteiger partial charge >= 0.3 is 13.1 Å². The van der Waals surface area contributed by atoms with Gasteiger partial charge in [-0.05, 0) is 71.9 Å². The van der Waals surface area contributed by atoms with Crippen molar-refractivity contribution >= 4 is 24.5 Å². The zero-order valence-corrected chi connectivity index (χ0v) is 20.7. The number of esters is 1. The average Bonchev–Trinajstić information content (AvgIpc) is 3.29. The smallest absolute Gasteiger partial charge is 0.457 e. The van der Waals surface area contributed by atoms with Crippen molar-refractivity contribution in [2.45, 2.75) is 45.5 Å². The highest BCUT2D eigenvalue weighted by Crippen LogP contribution is 2.21. The van der Waals surface area contributed by atoms with E-state index in [0.29, 0.717) is 22.2 Å². The summed E-state index contributed by atoms with van der Waals surface area (Å²) in [7, 11) is -1.20. The van der Waals surface area contributed by atoms with E-state index >= 15 is 0 Å². The molecule has 1 unspecified atom stereocenters. The summed E-state index contributed by atoms with van der Waals surface area (Å²) in [6.07, 6.45) is -1.32. The molecule has 0 aliphatic carbocycles. The van der Waals surface area contributed by atoms with E-state index in [0.717, 1.165) is 5.56 Å². The van der Waals surface area contributed by atoms with Gasteiger partial charge in [-0.3, -0.25) is 4.79 Å². The number of fused-ring (bicyclic) bond motifs is 1. The quantitative estimate of drug-likeness (QED) is 0.223. The molecule has 1 aliphatic rings. The van der Waals surface area contributed by atoms with Crippen molar-refractivity contribution in [3.63, 3.8) is 0 Å². The third-order valence-corrected chi connectivity index (χ3v) is 6.39. The number of benzene rings is 3. The SMILES string of the molecule is Cc1c(C(=O)NC(O)(C(=O)OCc2ccc(F)cc2)[C@H](C)OCc2ccc(F)cc2)ccc2c1B(O)OC2. The Morgan fingerprint density at radius 2 is 1.61 bits per heavy atom. The molecular weight excluding hydrogens is 499 g/mol. The van der Waals surface area contributed by atoms with Crippen LogP contribution in [0, 0.1) is 18.6 Å². The number of ether oxygens (including phenoxy) is 2. The second-order valence-electron chi connectivity index (χ2n) is 8.98. The molecule has 8 nitrogen and oxygen atoms in total. The van der Waals surface area contributed by atoms with Gasteiger partial charge in [-0.2, -0.15) is 0 Å². The fourth-order valence-corrected chi connectivity index (χ4v) is 4.07. The molecule has 3 aromatic carbocycles. The van der Waals surface area contributed by atoms with Gasteiger partial charge in [-0.1, -0.05) is 30.3 Å². The number of carbonyl (C=O) groups excluding carboxylic acids is 2. The molecule has 0 saturated heterocycles. The highest BCUT2D eigenvalue weighted by Gasteiger charge is 2.46. The molecule has 1 amide bonds. The van der Waals surface area contributed by atoms with Crippen molar-refractivity contribution in [3.8, 4) is 0 Å². The Balaban J connectivity index is 1.56. The maximum Gasteiger partial charge on any atom is 0.492 e. The van der Waals surface area contributed by atoms with Crippen molar-refractivity contribution in [1.29, 1.82) is 0 Å². The third kappa shape index (κ3) is 5.92. The summed E-state index contributed by atoms with van der Waals surface area (Å²) in [6.45, 7) is 2.77. The molecule has 0 bridgehead atoms. The van der Waals surface area contributed by atoms with E-state index in [2.05, 4.69) is 5.32 Å². The van der Waals surface area contributed by atoms with Gasteiger partial charge in [0.05, 0.1) is 13.2 Å². The maximum absolute atomic E-state index is 13.3. The Bertz CT molecular complexity index is 1320. The van der Waals surface area contributed by atoms with Crippen LogP contribution < -0.4 is 10.8 Å². The molecule has 3 aromatic rings. The van der Waals surface area contributed by atoms with E-state index in [9.17, 15) is 28.5 Å². The standard InChI is InChI=1S/C27H26BF2NO7/c1-16-23(12-7-20-15-38-28(35)24(16)20)25(32)31-27(34,17(2)36-13-18-3-8-21(29)9-4-18)26(33)37-14-19-5-10-22(30)11-6-19/h3-12,17,34-35H,13-15H2,1-2H3,(H,31,32)/t17-,27?/m0/s1. The van der Waals surface area contributed by atoms with Crippen LogP contribution in [0.2, 0.25) is 0 Å². The van der Waals surface area contributed by atoms with Crippen molar-refractivity contribution in [2.24, 2.45) is 0 Å². The Labute approximate surface area is 218 Å². The topological polar surface area (TPSA) is 114 Å². The fourth-order valence-electron chi connectivity index (χ4n) is 4.07. The summed E-state index contributed by atoms with van der Waals surface area (Å²) >= 11 is 0. The minimum Gasteiger partial charge on any atom is -0.457 e. The molecule has 1 heterocycles. The number of hydrogen-bond acceptors (Lipinski definition) is 7. The molecule has 0 aromatic heterocycles. The predicted molar refractivity (Wildman–Crippen MR) is 133 cm³/mol. The lowest BCUT2D eigenvalue weighted by molar-refractivity contribution is -0.188. The van der Waals surface area contributed by atoms with Crippen LogP contribution >= 0.6 is 0 Å². The number of aliphatic hydroxyl groups is 1. The van der Waals surface area contributed by atoms with Gasteiger partial charge in [0.15, 0.2) is 0 Å². The molecule has 0 fully saturated rings. The van der Waals surface area contributed by atoms with Crippen LogP contribution in [-0.2, 0) is 38.7 Å². The lowest BCUT2D eigenvalue weighted by Gasteiger charge is -2.32. The van der Waals surface area contributed by atoms with E-state index in [-0.39, 0.29) is 25.4 Å². The lowest BCUT2D eigenvalue weighted by Crippen LogP contribution is -2.62. The minimum absolute atomic E-state index is 0.101. The number of hydrogen-bond donors (Lipinski definition) is 3. The summed E-state index contributed by atoms with van der Waals surface area (Å²) < 4.78 is 42.6. The Kier molecular flexibility index (Phi) is 8.22. The second-order valence-corrected chi connectivity index (χ2v) is 8.98. The number of amides is 1. The van der Waals surface area contributed by atoms with Crippen LogP contribution in [0.3, 0.4) is 0 Å². The monoisotopic (exact) mass is 525 g/mol. The van der Waals surface area contributed by atoms with Crippen LogP contribution in [0.1, 0.15) is 39.5 Å². The van der Waals surface area contributed by atoms with Gasteiger partial charge in [-0.15, -0.1) is 0 Å². The van der Waals surface area contributed by atoms with Gasteiger partial charge in [0.1, 0.15) is 24.3 Å². The zero-order chi connectivity index (χ0) is 27.4. The molecule has 11 heteroatoms. The average molecular weight is 525 g/mol. The summed E-state index contributed by atoms with van der Waals surface area (Å²) in [6, 6.07) is 13.8. The number of rotatable bonds is 9. The van der Waals surface area contributed by atoms with Gasteiger partial charge in [0, 0.05) is 5.56 Å². The number of nitrogens with one attached hydrogen (secondary N) is 1. The number of halogens is 2. The highest BCUT2D eigenvalue weighted by molar-refractivity contribution is 6.62. The van der Waals surface area contributed by atoms with E-state index in [1.54, 1.807) is 13.0 Å². The summed E-state index contributed by atoms with van der Waals surface area (Å²) in [5, 5.41) is 23.9. The van der Waals surface area contributed by atoms with Crippen LogP contribution in [0.4, 0.5) is 8.78 Å².